The number of nitrogens with zero attached hydrogens (tertiary/aromatic N) is 4. The Balaban J connectivity index is 2.46. The number of hydrogen-bond donors (Lipinski definition) is 0. The van der Waals surface area contributed by atoms with Crippen molar-refractivity contribution >= 4 is 0 Å². The Morgan fingerprint density at radius 2 is 2.00 bits per heavy atom. The minimum atomic E-state index is 0.521. The predicted molar refractivity (Wildman–Crippen MR) is 64.6 cm³/mol. The fraction of sp³-hybridized carbons (Fsp3) is 0.462. The average molecular weight is 228 g/mol. The molecule has 0 bridgehead atoms. The molecule has 1 heterocycles. The molecular formula is C13H16N4. The lowest BCUT2D eigenvalue weighted by Crippen LogP contribution is -2.25. The molecule has 0 atom stereocenters. The van der Waals surface area contributed by atoms with Crippen molar-refractivity contribution in [2.75, 3.05) is 13.1 Å². The van der Waals surface area contributed by atoms with Gasteiger partial charge in [0.1, 0.15) is 0 Å². The van der Waals surface area contributed by atoms with E-state index < -0.39 is 0 Å². The molecule has 0 amide bonds. The molecular weight excluding hydrogens is 212 g/mol. The SMILES string of the molecule is N#CCCCN(CCC#N)Cc1cccnc1. The van der Waals surface area contributed by atoms with Gasteiger partial charge in [0, 0.05) is 38.3 Å². The van der Waals surface area contributed by atoms with E-state index in [0.29, 0.717) is 12.8 Å². The van der Waals surface area contributed by atoms with Crippen LogP contribution >= 0.6 is 0 Å². The van der Waals surface area contributed by atoms with Gasteiger partial charge in [-0.15, -0.1) is 0 Å². The molecule has 4 nitrogen and oxygen atoms in total. The van der Waals surface area contributed by atoms with Gasteiger partial charge in [0.2, 0.25) is 0 Å². The molecule has 0 unspecified atom stereocenters. The summed E-state index contributed by atoms with van der Waals surface area (Å²) in [7, 11) is 0. The van der Waals surface area contributed by atoms with Gasteiger partial charge in [-0.05, 0) is 24.6 Å². The van der Waals surface area contributed by atoms with Gasteiger partial charge in [0.25, 0.3) is 0 Å². The molecule has 4 heteroatoms. The molecule has 17 heavy (non-hydrogen) atoms. The normalized spacial score (nSPS) is 9.82. The molecule has 1 aromatic rings. The van der Waals surface area contributed by atoms with Gasteiger partial charge in [0.05, 0.1) is 12.1 Å². The van der Waals surface area contributed by atoms with Crippen LogP contribution in [0.25, 0.3) is 0 Å². The highest BCUT2D eigenvalue weighted by molar-refractivity contribution is 5.08. The molecule has 0 aliphatic heterocycles. The second kappa shape index (κ2) is 8.27. The summed E-state index contributed by atoms with van der Waals surface area (Å²) < 4.78 is 0. The van der Waals surface area contributed by atoms with Gasteiger partial charge in [-0.3, -0.25) is 9.88 Å². The second-order valence-corrected chi connectivity index (χ2v) is 3.81. The standard InChI is InChI=1S/C13H16N4/c14-6-1-2-9-17(10-4-7-15)12-13-5-3-8-16-11-13/h3,5,8,11H,1-2,4,9-10,12H2. The largest absolute Gasteiger partial charge is 0.298 e. The van der Waals surface area contributed by atoms with Crippen molar-refractivity contribution in [2.24, 2.45) is 0 Å². The Labute approximate surface area is 102 Å². The topological polar surface area (TPSA) is 63.7 Å². The van der Waals surface area contributed by atoms with Gasteiger partial charge in [-0.2, -0.15) is 10.5 Å². The van der Waals surface area contributed by atoms with E-state index in [2.05, 4.69) is 22.0 Å². The van der Waals surface area contributed by atoms with Gasteiger partial charge < -0.3 is 0 Å². The lowest BCUT2D eigenvalue weighted by molar-refractivity contribution is 0.269. The lowest BCUT2D eigenvalue weighted by atomic mass is 10.2. The third kappa shape index (κ3) is 5.65. The summed E-state index contributed by atoms with van der Waals surface area (Å²) in [4.78, 5) is 6.26. The van der Waals surface area contributed by atoms with Gasteiger partial charge >= 0.3 is 0 Å². The van der Waals surface area contributed by atoms with E-state index in [1.165, 1.54) is 0 Å². The summed E-state index contributed by atoms with van der Waals surface area (Å²) in [5, 5.41) is 17.1. The maximum absolute atomic E-state index is 8.61. The monoisotopic (exact) mass is 228 g/mol. The van der Waals surface area contributed by atoms with E-state index in [-0.39, 0.29) is 0 Å². The smallest absolute Gasteiger partial charge is 0.0635 e. The summed E-state index contributed by atoms with van der Waals surface area (Å²) in [6.45, 7) is 2.39. The van der Waals surface area contributed by atoms with E-state index in [1.807, 2.05) is 18.3 Å². The summed E-state index contributed by atoms with van der Waals surface area (Å²) in [5.41, 5.74) is 1.14. The minimum absolute atomic E-state index is 0.521. The fourth-order valence-corrected chi connectivity index (χ4v) is 1.61. The van der Waals surface area contributed by atoms with Crippen molar-refractivity contribution in [1.29, 1.82) is 10.5 Å². The number of unbranched alkanes of at least 4 members (excludes halogenated alkanes) is 1. The van der Waals surface area contributed by atoms with E-state index in [1.54, 1.807) is 6.20 Å². The second-order valence-electron chi connectivity index (χ2n) is 3.81. The summed E-state index contributed by atoms with van der Waals surface area (Å²) in [5.74, 6) is 0. The first-order valence-electron chi connectivity index (χ1n) is 5.72. The summed E-state index contributed by atoms with van der Waals surface area (Å²) >= 11 is 0. The van der Waals surface area contributed by atoms with Gasteiger partial charge in [0.15, 0.2) is 0 Å². The third-order valence-corrected chi connectivity index (χ3v) is 2.43. The zero-order valence-corrected chi connectivity index (χ0v) is 9.84. The van der Waals surface area contributed by atoms with Crippen LogP contribution in [0.2, 0.25) is 0 Å². The Hall–Kier alpha value is -1.91. The Kier molecular flexibility index (Phi) is 6.40. The molecule has 88 valence electrons. The number of hydrogen-bond acceptors (Lipinski definition) is 4. The van der Waals surface area contributed by atoms with Crippen LogP contribution in [-0.2, 0) is 6.54 Å². The van der Waals surface area contributed by atoms with Crippen LogP contribution in [0.1, 0.15) is 24.8 Å². The van der Waals surface area contributed by atoms with Crippen LogP contribution in [0, 0.1) is 22.7 Å². The number of rotatable bonds is 7. The van der Waals surface area contributed by atoms with E-state index >= 15 is 0 Å². The van der Waals surface area contributed by atoms with Crippen molar-refractivity contribution in [1.82, 2.24) is 9.88 Å². The van der Waals surface area contributed by atoms with Crippen LogP contribution in [0.15, 0.2) is 24.5 Å². The predicted octanol–water partition coefficient (Wildman–Crippen LogP) is 2.10. The van der Waals surface area contributed by atoms with Crippen LogP contribution < -0.4 is 0 Å². The van der Waals surface area contributed by atoms with Gasteiger partial charge in [-0.25, -0.2) is 0 Å². The highest BCUT2D eigenvalue weighted by Gasteiger charge is 2.05. The highest BCUT2D eigenvalue weighted by Crippen LogP contribution is 2.05. The quantitative estimate of drug-likeness (QED) is 0.670. The molecule has 0 aromatic carbocycles. The van der Waals surface area contributed by atoms with Gasteiger partial charge in [-0.1, -0.05) is 6.07 Å². The summed E-state index contributed by atoms with van der Waals surface area (Å²) in [6.07, 6.45) is 5.52. The van der Waals surface area contributed by atoms with Crippen molar-refractivity contribution in [2.45, 2.75) is 25.8 Å². The van der Waals surface area contributed by atoms with Crippen LogP contribution in [0.3, 0.4) is 0 Å². The minimum Gasteiger partial charge on any atom is -0.298 e. The maximum Gasteiger partial charge on any atom is 0.0635 e. The molecule has 0 aliphatic carbocycles. The molecule has 0 spiro atoms. The van der Waals surface area contributed by atoms with Crippen LogP contribution in [-0.4, -0.2) is 23.0 Å². The van der Waals surface area contributed by atoms with Crippen LogP contribution in [0.4, 0.5) is 0 Å². The Bertz CT molecular complexity index is 388. The fourth-order valence-electron chi connectivity index (χ4n) is 1.61. The molecule has 0 saturated carbocycles. The number of aromatic nitrogens is 1. The molecule has 1 rings (SSSR count). The molecule has 0 radical (unpaired) electrons. The van der Waals surface area contributed by atoms with Crippen molar-refractivity contribution in [3.8, 4) is 12.1 Å². The van der Waals surface area contributed by atoms with Crippen molar-refractivity contribution in [3.05, 3.63) is 30.1 Å². The first kappa shape index (κ1) is 13.2. The first-order chi connectivity index (χ1) is 8.36. The molecule has 0 aliphatic rings. The summed E-state index contributed by atoms with van der Waals surface area (Å²) in [6, 6.07) is 8.23. The molecule has 0 fully saturated rings. The number of pyridine rings is 1. The third-order valence-electron chi connectivity index (χ3n) is 2.43. The number of nitriles is 2. The Morgan fingerprint density at radius 3 is 2.65 bits per heavy atom. The Morgan fingerprint density at radius 1 is 1.18 bits per heavy atom. The first-order valence-corrected chi connectivity index (χ1v) is 5.72. The van der Waals surface area contributed by atoms with Crippen molar-refractivity contribution < 1.29 is 0 Å². The van der Waals surface area contributed by atoms with Crippen LogP contribution in [0.5, 0.6) is 0 Å². The maximum atomic E-state index is 8.61. The zero-order chi connectivity index (χ0) is 12.3. The van der Waals surface area contributed by atoms with E-state index in [9.17, 15) is 0 Å². The van der Waals surface area contributed by atoms with Crippen molar-refractivity contribution in [3.63, 3.8) is 0 Å². The molecule has 1 aromatic heterocycles. The molecule has 0 saturated heterocycles. The molecule has 0 N–H and O–H groups in total. The average Bonchev–Trinajstić information content (AvgIpc) is 2.37. The zero-order valence-electron chi connectivity index (χ0n) is 9.84. The van der Waals surface area contributed by atoms with E-state index in [4.69, 9.17) is 10.5 Å². The van der Waals surface area contributed by atoms with E-state index in [0.717, 1.165) is 31.6 Å². The lowest BCUT2D eigenvalue weighted by Gasteiger charge is -2.20. The highest BCUT2D eigenvalue weighted by atomic mass is 15.1.